The Morgan fingerprint density at radius 2 is 1.12 bits per heavy atom. The van der Waals surface area contributed by atoms with Crippen molar-refractivity contribution in [1.82, 2.24) is 9.97 Å². The summed E-state index contributed by atoms with van der Waals surface area (Å²) in [5, 5.41) is 4.44. The second kappa shape index (κ2) is 9.07. The van der Waals surface area contributed by atoms with Crippen LogP contribution in [0.25, 0.3) is 54.9 Å². The van der Waals surface area contributed by atoms with Crippen LogP contribution in [0.5, 0.6) is 0 Å². The first-order chi connectivity index (χ1) is 19.8. The highest BCUT2D eigenvalue weighted by Gasteiger charge is 2.16. The quantitative estimate of drug-likeness (QED) is 0.235. The molecule has 0 saturated heterocycles. The van der Waals surface area contributed by atoms with Crippen molar-refractivity contribution in [2.24, 2.45) is 0 Å². The number of nitrogens with zero attached hydrogens (tertiary/aromatic N) is 3. The van der Waals surface area contributed by atoms with E-state index >= 15 is 0 Å². The fourth-order valence-corrected chi connectivity index (χ4v) is 5.55. The molecule has 8 aromatic rings. The van der Waals surface area contributed by atoms with Crippen molar-refractivity contribution in [2.45, 2.75) is 0 Å². The Balaban J connectivity index is 1.23. The summed E-state index contributed by atoms with van der Waals surface area (Å²) in [4.78, 5) is 11.2. The van der Waals surface area contributed by atoms with Crippen LogP contribution in [0.2, 0.25) is 0 Å². The van der Waals surface area contributed by atoms with Crippen LogP contribution >= 0.6 is 0 Å². The monoisotopic (exact) mass is 513 g/mol. The van der Waals surface area contributed by atoms with Crippen LogP contribution < -0.4 is 4.90 Å². The Hall–Kier alpha value is -5.48. The maximum Gasteiger partial charge on any atom is 0.137 e. The molecule has 0 amide bonds. The van der Waals surface area contributed by atoms with Crippen LogP contribution in [-0.4, -0.2) is 9.97 Å². The zero-order valence-corrected chi connectivity index (χ0v) is 21.5. The molecule has 0 aliphatic heterocycles. The third-order valence-corrected chi connectivity index (χ3v) is 7.51. The highest BCUT2D eigenvalue weighted by Crippen LogP contribution is 2.39. The molecule has 0 unspecified atom stereocenters. The van der Waals surface area contributed by atoms with E-state index in [2.05, 4.69) is 118 Å². The maximum absolute atomic E-state index is 6.36. The number of hydrogen-bond acceptors (Lipinski definition) is 4. The van der Waals surface area contributed by atoms with E-state index in [9.17, 15) is 0 Å². The first-order valence-electron chi connectivity index (χ1n) is 13.3. The number of aromatic nitrogens is 2. The van der Waals surface area contributed by atoms with Gasteiger partial charge in [-0.3, -0.25) is 9.97 Å². The molecule has 8 rings (SSSR count). The van der Waals surface area contributed by atoms with Crippen LogP contribution in [0.15, 0.2) is 144 Å². The number of hydrogen-bond donors (Lipinski definition) is 0. The van der Waals surface area contributed by atoms with Gasteiger partial charge in [0.1, 0.15) is 11.2 Å². The highest BCUT2D eigenvalue weighted by molar-refractivity contribution is 6.10. The lowest BCUT2D eigenvalue weighted by Gasteiger charge is -2.25. The Morgan fingerprint density at radius 3 is 1.95 bits per heavy atom. The number of fused-ring (bicyclic) bond motifs is 5. The Bertz CT molecular complexity index is 2170. The van der Waals surface area contributed by atoms with Crippen LogP contribution in [0.3, 0.4) is 0 Å². The van der Waals surface area contributed by atoms with E-state index in [0.717, 1.165) is 66.4 Å². The van der Waals surface area contributed by atoms with Crippen molar-refractivity contribution >= 4 is 60.8 Å². The molecule has 5 aromatic carbocycles. The third kappa shape index (κ3) is 3.77. The molecule has 0 fully saturated rings. The summed E-state index contributed by atoms with van der Waals surface area (Å²) in [5.74, 6) is 0. The Morgan fingerprint density at radius 1 is 0.450 bits per heavy atom. The Labute approximate surface area is 230 Å². The van der Waals surface area contributed by atoms with E-state index in [1.54, 1.807) is 0 Å². The van der Waals surface area contributed by atoms with Gasteiger partial charge >= 0.3 is 0 Å². The standard InChI is InChI=1S/C36H23N3O/c1-2-8-28(9-3-1)39(29-13-10-24(11-14-29)25-12-17-33-26(20-25)6-4-18-37-33)30-15-16-31-32-21-27-7-5-19-38-34(27)23-36(32)40-35(31)22-30/h1-23H. The van der Waals surface area contributed by atoms with E-state index in [-0.39, 0.29) is 0 Å². The molecule has 4 heteroatoms. The summed E-state index contributed by atoms with van der Waals surface area (Å²) in [6, 6.07) is 44.4. The minimum Gasteiger partial charge on any atom is -0.456 e. The molecule has 0 N–H and O–H groups in total. The van der Waals surface area contributed by atoms with Gasteiger partial charge in [0.2, 0.25) is 0 Å². The molecule has 0 aliphatic rings. The van der Waals surface area contributed by atoms with Gasteiger partial charge in [0.25, 0.3) is 0 Å². The lowest BCUT2D eigenvalue weighted by atomic mass is 10.0. The molecule has 0 saturated carbocycles. The SMILES string of the molecule is c1ccc(N(c2ccc(-c3ccc4ncccc4c3)cc2)c2ccc3c(c2)oc2cc4ncccc4cc23)cc1. The summed E-state index contributed by atoms with van der Waals surface area (Å²) in [7, 11) is 0. The highest BCUT2D eigenvalue weighted by atomic mass is 16.3. The van der Waals surface area contributed by atoms with Gasteiger partial charge in [0.05, 0.1) is 11.0 Å². The van der Waals surface area contributed by atoms with Crippen molar-refractivity contribution in [3.63, 3.8) is 0 Å². The first kappa shape index (κ1) is 22.5. The van der Waals surface area contributed by atoms with Gasteiger partial charge in [-0.1, -0.05) is 48.5 Å². The zero-order valence-electron chi connectivity index (χ0n) is 21.5. The summed E-state index contributed by atoms with van der Waals surface area (Å²) in [6.45, 7) is 0. The molecule has 40 heavy (non-hydrogen) atoms. The van der Waals surface area contributed by atoms with Gasteiger partial charge < -0.3 is 9.32 Å². The largest absolute Gasteiger partial charge is 0.456 e. The molecule has 188 valence electrons. The first-order valence-corrected chi connectivity index (χ1v) is 13.3. The van der Waals surface area contributed by atoms with Gasteiger partial charge in [0, 0.05) is 63.1 Å². The number of pyridine rings is 2. The molecule has 0 bridgehead atoms. The van der Waals surface area contributed by atoms with Gasteiger partial charge in [-0.2, -0.15) is 0 Å². The Kier molecular flexibility index (Phi) is 5.10. The third-order valence-electron chi connectivity index (χ3n) is 7.51. The number of anilines is 3. The fourth-order valence-electron chi connectivity index (χ4n) is 5.55. The van der Waals surface area contributed by atoms with Crippen molar-refractivity contribution in [2.75, 3.05) is 4.90 Å². The van der Waals surface area contributed by atoms with Crippen molar-refractivity contribution in [1.29, 1.82) is 0 Å². The van der Waals surface area contributed by atoms with Crippen LogP contribution in [0.4, 0.5) is 17.1 Å². The number of rotatable bonds is 4. The number of furan rings is 1. The number of para-hydroxylation sites is 1. The van der Waals surface area contributed by atoms with E-state index in [1.165, 1.54) is 5.56 Å². The molecule has 3 aromatic heterocycles. The van der Waals surface area contributed by atoms with E-state index in [4.69, 9.17) is 4.42 Å². The smallest absolute Gasteiger partial charge is 0.137 e. The van der Waals surface area contributed by atoms with Crippen molar-refractivity contribution in [3.8, 4) is 11.1 Å². The molecule has 0 atom stereocenters. The van der Waals surface area contributed by atoms with Gasteiger partial charge in [-0.05, 0) is 77.9 Å². The zero-order chi connectivity index (χ0) is 26.5. The lowest BCUT2D eigenvalue weighted by molar-refractivity contribution is 0.669. The van der Waals surface area contributed by atoms with E-state index in [1.807, 2.05) is 36.7 Å². The average molecular weight is 514 g/mol. The molecular formula is C36H23N3O. The van der Waals surface area contributed by atoms with Crippen LogP contribution in [0.1, 0.15) is 0 Å². The second-order valence-electron chi connectivity index (χ2n) is 9.96. The summed E-state index contributed by atoms with van der Waals surface area (Å²) in [5.41, 5.74) is 9.15. The minimum absolute atomic E-state index is 0.847. The van der Waals surface area contributed by atoms with Crippen molar-refractivity contribution < 1.29 is 4.42 Å². The molecule has 0 radical (unpaired) electrons. The van der Waals surface area contributed by atoms with Crippen molar-refractivity contribution in [3.05, 3.63) is 140 Å². The maximum atomic E-state index is 6.36. The van der Waals surface area contributed by atoms with Crippen LogP contribution in [0, 0.1) is 0 Å². The molecule has 4 nitrogen and oxygen atoms in total. The molecular weight excluding hydrogens is 490 g/mol. The molecule has 3 heterocycles. The predicted molar refractivity (Wildman–Crippen MR) is 164 cm³/mol. The average Bonchev–Trinajstić information content (AvgIpc) is 3.37. The van der Waals surface area contributed by atoms with E-state index in [0.29, 0.717) is 0 Å². The normalized spacial score (nSPS) is 11.5. The lowest BCUT2D eigenvalue weighted by Crippen LogP contribution is -2.09. The van der Waals surface area contributed by atoms with Crippen LogP contribution in [-0.2, 0) is 0 Å². The molecule has 0 spiro atoms. The predicted octanol–water partition coefficient (Wildman–Crippen LogP) is 9.82. The molecule has 0 aliphatic carbocycles. The summed E-state index contributed by atoms with van der Waals surface area (Å²) < 4.78 is 6.36. The van der Waals surface area contributed by atoms with Gasteiger partial charge in [0.15, 0.2) is 0 Å². The second-order valence-corrected chi connectivity index (χ2v) is 9.96. The summed E-state index contributed by atoms with van der Waals surface area (Å²) in [6.07, 6.45) is 3.64. The minimum atomic E-state index is 0.847. The van der Waals surface area contributed by atoms with Gasteiger partial charge in [-0.15, -0.1) is 0 Å². The van der Waals surface area contributed by atoms with Gasteiger partial charge in [-0.25, -0.2) is 0 Å². The van der Waals surface area contributed by atoms with E-state index < -0.39 is 0 Å². The fraction of sp³-hybridized carbons (Fsp3) is 0. The summed E-state index contributed by atoms with van der Waals surface area (Å²) >= 11 is 0. The number of benzene rings is 5. The topological polar surface area (TPSA) is 42.2 Å².